The summed E-state index contributed by atoms with van der Waals surface area (Å²) in [7, 11) is 0. The average Bonchev–Trinajstić information content (AvgIpc) is 2.27. The number of phenolic OH excluding ortho intramolecular Hbond substituents is 1. The summed E-state index contributed by atoms with van der Waals surface area (Å²) in [6, 6.07) is 8.77. The molecule has 88 valence electrons. The van der Waals surface area contributed by atoms with Crippen LogP contribution in [-0.4, -0.2) is 15.1 Å². The summed E-state index contributed by atoms with van der Waals surface area (Å²) in [5.41, 5.74) is 0.867. The van der Waals surface area contributed by atoms with Crippen LogP contribution < -0.4 is 0 Å². The summed E-state index contributed by atoms with van der Waals surface area (Å²) in [5, 5.41) is 9.63. The van der Waals surface area contributed by atoms with Crippen LogP contribution in [0.5, 0.6) is 5.75 Å². The maximum Gasteiger partial charge on any atom is 0.140 e. The molecule has 0 saturated carbocycles. The summed E-state index contributed by atoms with van der Waals surface area (Å²) in [4.78, 5) is 9.51. The molecule has 0 saturated heterocycles. The Bertz CT molecular complexity index is 496. The zero-order valence-electron chi connectivity index (χ0n) is 9.22. The molecule has 1 aromatic carbocycles. The Morgan fingerprint density at radius 3 is 2.59 bits per heavy atom. The number of aromatic hydroxyl groups is 1. The van der Waals surface area contributed by atoms with Crippen LogP contribution in [0.2, 0.25) is 5.15 Å². The van der Waals surface area contributed by atoms with E-state index in [9.17, 15) is 0 Å². The minimum Gasteiger partial charge on any atom is -0.508 e. The lowest BCUT2D eigenvalue weighted by Crippen LogP contribution is -1.95. The molecule has 17 heavy (non-hydrogen) atoms. The highest BCUT2D eigenvalue weighted by Crippen LogP contribution is 2.23. The van der Waals surface area contributed by atoms with Gasteiger partial charge in [-0.1, -0.05) is 11.6 Å². The number of benzene rings is 1. The first-order chi connectivity index (χ1) is 8.13. The second kappa shape index (κ2) is 5.38. The number of hydrogen-bond acceptors (Lipinski definition) is 4. The van der Waals surface area contributed by atoms with Crippen molar-refractivity contribution < 1.29 is 5.11 Å². The van der Waals surface area contributed by atoms with E-state index >= 15 is 0 Å². The van der Waals surface area contributed by atoms with Crippen LogP contribution in [0.15, 0.2) is 35.2 Å². The van der Waals surface area contributed by atoms with E-state index in [1.54, 1.807) is 30.0 Å². The zero-order valence-corrected chi connectivity index (χ0v) is 10.8. The van der Waals surface area contributed by atoms with Gasteiger partial charge in [-0.05, 0) is 37.3 Å². The smallest absolute Gasteiger partial charge is 0.140 e. The molecule has 3 nitrogen and oxygen atoms in total. The highest BCUT2D eigenvalue weighted by molar-refractivity contribution is 7.98. The molecule has 0 aliphatic rings. The predicted molar refractivity (Wildman–Crippen MR) is 69.4 cm³/mol. The molecule has 0 aliphatic heterocycles. The van der Waals surface area contributed by atoms with Gasteiger partial charge in [-0.15, -0.1) is 11.8 Å². The fourth-order valence-electron chi connectivity index (χ4n) is 1.34. The van der Waals surface area contributed by atoms with Crippen molar-refractivity contribution in [2.45, 2.75) is 17.6 Å². The van der Waals surface area contributed by atoms with Gasteiger partial charge >= 0.3 is 0 Å². The molecule has 1 heterocycles. The number of hydrogen-bond donors (Lipinski definition) is 1. The molecule has 5 heteroatoms. The largest absolute Gasteiger partial charge is 0.508 e. The zero-order chi connectivity index (χ0) is 12.3. The van der Waals surface area contributed by atoms with E-state index in [-0.39, 0.29) is 5.75 Å². The lowest BCUT2D eigenvalue weighted by Gasteiger charge is -2.02. The molecule has 0 spiro atoms. The lowest BCUT2D eigenvalue weighted by atomic mass is 10.3. The van der Waals surface area contributed by atoms with E-state index in [1.807, 2.05) is 19.1 Å². The molecule has 0 amide bonds. The minimum absolute atomic E-state index is 0.268. The fraction of sp³-hybridized carbons (Fsp3) is 0.167. The van der Waals surface area contributed by atoms with Gasteiger partial charge in [0.25, 0.3) is 0 Å². The monoisotopic (exact) mass is 266 g/mol. The molecule has 1 aromatic heterocycles. The van der Waals surface area contributed by atoms with E-state index in [0.717, 1.165) is 10.6 Å². The van der Waals surface area contributed by atoms with Gasteiger partial charge in [0.05, 0.1) is 5.75 Å². The van der Waals surface area contributed by atoms with Crippen molar-refractivity contribution >= 4 is 23.4 Å². The van der Waals surface area contributed by atoms with E-state index in [1.165, 1.54) is 0 Å². The Kier molecular flexibility index (Phi) is 3.86. The van der Waals surface area contributed by atoms with E-state index in [0.29, 0.717) is 16.7 Å². The normalized spacial score (nSPS) is 10.5. The molecule has 0 aliphatic carbocycles. The third-order valence-electron chi connectivity index (χ3n) is 2.07. The maximum atomic E-state index is 9.16. The second-order valence-corrected chi connectivity index (χ2v) is 4.97. The third kappa shape index (κ3) is 3.61. The summed E-state index contributed by atoms with van der Waals surface area (Å²) in [6.07, 6.45) is 0. The Morgan fingerprint density at radius 1 is 1.24 bits per heavy atom. The highest BCUT2D eigenvalue weighted by Gasteiger charge is 2.02. The molecular weight excluding hydrogens is 256 g/mol. The Hall–Kier alpha value is -1.26. The van der Waals surface area contributed by atoms with Crippen LogP contribution >= 0.6 is 23.4 Å². The van der Waals surface area contributed by atoms with Crippen molar-refractivity contribution in [2.75, 3.05) is 0 Å². The SMILES string of the molecule is Cc1cc(Cl)nc(CSc2ccc(O)cc2)n1. The third-order valence-corrected chi connectivity index (χ3v) is 3.28. The number of aryl methyl sites for hydroxylation is 1. The molecule has 0 atom stereocenters. The number of aromatic nitrogens is 2. The van der Waals surface area contributed by atoms with Crippen LogP contribution in [0.3, 0.4) is 0 Å². The van der Waals surface area contributed by atoms with Gasteiger partial charge in [-0.3, -0.25) is 0 Å². The van der Waals surface area contributed by atoms with Crippen LogP contribution in [0.25, 0.3) is 0 Å². The fourth-order valence-corrected chi connectivity index (χ4v) is 2.35. The van der Waals surface area contributed by atoms with Crippen molar-refractivity contribution in [1.82, 2.24) is 9.97 Å². The van der Waals surface area contributed by atoms with E-state index in [4.69, 9.17) is 16.7 Å². The van der Waals surface area contributed by atoms with Crippen molar-refractivity contribution in [2.24, 2.45) is 0 Å². The van der Waals surface area contributed by atoms with Crippen LogP contribution in [0.1, 0.15) is 11.5 Å². The van der Waals surface area contributed by atoms with Crippen molar-refractivity contribution in [3.05, 3.63) is 47.0 Å². The van der Waals surface area contributed by atoms with Gasteiger partial charge in [0.2, 0.25) is 0 Å². The van der Waals surface area contributed by atoms with Crippen molar-refractivity contribution in [1.29, 1.82) is 0 Å². The van der Waals surface area contributed by atoms with Gasteiger partial charge in [-0.2, -0.15) is 0 Å². The average molecular weight is 267 g/mol. The molecule has 0 fully saturated rings. The number of phenols is 1. The molecule has 0 bridgehead atoms. The van der Waals surface area contributed by atoms with Gasteiger partial charge in [-0.25, -0.2) is 9.97 Å². The second-order valence-electron chi connectivity index (χ2n) is 3.53. The Balaban J connectivity index is 2.04. The predicted octanol–water partition coefficient (Wildman–Crippen LogP) is 3.44. The Morgan fingerprint density at radius 2 is 1.94 bits per heavy atom. The number of halogens is 1. The molecule has 0 radical (unpaired) electrons. The highest BCUT2D eigenvalue weighted by atomic mass is 35.5. The molecule has 1 N–H and O–H groups in total. The number of rotatable bonds is 3. The van der Waals surface area contributed by atoms with Gasteiger partial charge in [0, 0.05) is 10.6 Å². The number of nitrogens with zero attached hydrogens (tertiary/aromatic N) is 2. The van der Waals surface area contributed by atoms with Gasteiger partial charge < -0.3 is 5.11 Å². The van der Waals surface area contributed by atoms with Gasteiger partial charge in [0.15, 0.2) is 0 Å². The standard InChI is InChI=1S/C12H11ClN2OS/c1-8-6-11(13)15-12(14-8)7-17-10-4-2-9(16)3-5-10/h2-6,16H,7H2,1H3. The number of thioether (sulfide) groups is 1. The first kappa shape index (κ1) is 12.2. The van der Waals surface area contributed by atoms with Crippen molar-refractivity contribution in [3.63, 3.8) is 0 Å². The summed E-state index contributed by atoms with van der Waals surface area (Å²) in [6.45, 7) is 1.89. The quantitative estimate of drug-likeness (QED) is 0.683. The topological polar surface area (TPSA) is 46.0 Å². The minimum atomic E-state index is 0.268. The first-order valence-corrected chi connectivity index (χ1v) is 6.42. The van der Waals surface area contributed by atoms with E-state index in [2.05, 4.69) is 9.97 Å². The Labute approximate surface area is 109 Å². The maximum absolute atomic E-state index is 9.16. The lowest BCUT2D eigenvalue weighted by molar-refractivity contribution is 0.475. The van der Waals surface area contributed by atoms with Gasteiger partial charge in [0.1, 0.15) is 16.7 Å². The van der Waals surface area contributed by atoms with Crippen molar-refractivity contribution in [3.8, 4) is 5.75 Å². The molecule has 2 aromatic rings. The van der Waals surface area contributed by atoms with E-state index < -0.39 is 0 Å². The summed E-state index contributed by atoms with van der Waals surface area (Å²) < 4.78 is 0. The van der Waals surface area contributed by atoms with Crippen LogP contribution in [0.4, 0.5) is 0 Å². The molecule has 0 unspecified atom stereocenters. The van der Waals surface area contributed by atoms with Crippen LogP contribution in [-0.2, 0) is 5.75 Å². The molecule has 2 rings (SSSR count). The first-order valence-electron chi connectivity index (χ1n) is 5.05. The summed E-state index contributed by atoms with van der Waals surface area (Å²) >= 11 is 7.46. The molecular formula is C12H11ClN2OS. The summed E-state index contributed by atoms with van der Waals surface area (Å²) in [5.74, 6) is 1.64. The van der Waals surface area contributed by atoms with Crippen LogP contribution in [0, 0.1) is 6.92 Å².